The summed E-state index contributed by atoms with van der Waals surface area (Å²) in [6.07, 6.45) is 3.49. The van der Waals surface area contributed by atoms with Gasteiger partial charge in [-0.25, -0.2) is 4.79 Å². The van der Waals surface area contributed by atoms with Crippen LogP contribution in [0.3, 0.4) is 0 Å². The number of rotatable bonds is 2. The summed E-state index contributed by atoms with van der Waals surface area (Å²) in [4.78, 5) is 17.1. The predicted molar refractivity (Wildman–Crippen MR) is 121 cm³/mol. The number of nitriles is 1. The summed E-state index contributed by atoms with van der Waals surface area (Å²) in [5.74, 6) is -0.378. The number of fused-ring (bicyclic) bond motifs is 3. The molecule has 0 radical (unpaired) electrons. The molecule has 0 fully saturated rings. The number of nitrogens with two attached hydrogens (primary N) is 1. The van der Waals surface area contributed by atoms with Gasteiger partial charge in [0.1, 0.15) is 17.2 Å². The van der Waals surface area contributed by atoms with E-state index in [0.29, 0.717) is 16.7 Å². The average molecular weight is 425 g/mol. The predicted octanol–water partition coefficient (Wildman–Crippen LogP) is 3.57. The highest BCUT2D eigenvalue weighted by Crippen LogP contribution is 2.43. The van der Waals surface area contributed by atoms with Crippen molar-refractivity contribution in [2.75, 3.05) is 0 Å². The van der Waals surface area contributed by atoms with E-state index in [-0.39, 0.29) is 17.0 Å². The molecule has 7 heteroatoms. The molecular weight excluding hydrogens is 409 g/mol. The molecule has 2 aromatic carbocycles. The molecule has 2 N–H and O–H groups in total. The fraction of sp³-hybridized carbons (Fsp3) is 0.0417. The van der Waals surface area contributed by atoms with E-state index in [0.717, 1.165) is 22.0 Å². The fourth-order valence-corrected chi connectivity index (χ4v) is 4.13. The van der Waals surface area contributed by atoms with Gasteiger partial charge in [-0.1, -0.05) is 36.4 Å². The first kappa shape index (κ1) is 19.0. The zero-order valence-corrected chi connectivity index (χ0v) is 17.4. The average Bonchev–Trinajstić information content (AvgIpc) is 2.79. The van der Waals surface area contributed by atoms with Crippen LogP contribution < -0.4 is 21.4 Å². The maximum absolute atomic E-state index is 13.0. The lowest BCUT2D eigenvalue weighted by atomic mass is 9.83. The maximum Gasteiger partial charge on any atom is 0.344 e. The van der Waals surface area contributed by atoms with Crippen LogP contribution in [0.15, 0.2) is 87.7 Å². The molecule has 2 aromatic heterocycles. The molecule has 1 aliphatic rings. The van der Waals surface area contributed by atoms with Gasteiger partial charge in [-0.05, 0) is 40.2 Å². The molecule has 0 saturated heterocycles. The van der Waals surface area contributed by atoms with Crippen LogP contribution in [-0.2, 0) is 0 Å². The van der Waals surface area contributed by atoms with Gasteiger partial charge in [0.05, 0.1) is 16.9 Å². The Morgan fingerprint density at radius 2 is 1.90 bits per heavy atom. The zero-order valence-electron chi connectivity index (χ0n) is 16.2. The van der Waals surface area contributed by atoms with E-state index in [9.17, 15) is 10.1 Å². The third kappa shape index (κ3) is 3.16. The molecule has 3 heterocycles. The van der Waals surface area contributed by atoms with Crippen molar-refractivity contribution in [3.8, 4) is 22.9 Å². The number of allylic oxidation sites excluding steroid dienone is 1. The molecule has 2 atom stereocenters. The molecule has 1 aliphatic heterocycles. The first-order valence-corrected chi connectivity index (χ1v) is 10.1. The summed E-state index contributed by atoms with van der Waals surface area (Å²) in [5, 5.41) is 11.3. The van der Waals surface area contributed by atoms with Crippen molar-refractivity contribution in [3.63, 3.8) is 0 Å². The first-order valence-electron chi connectivity index (χ1n) is 9.51. The highest BCUT2D eigenvalue weighted by Gasteiger charge is 2.35. The highest BCUT2D eigenvalue weighted by atomic mass is 31.0. The molecule has 0 amide bonds. The van der Waals surface area contributed by atoms with E-state index in [1.165, 1.54) is 0 Å². The largest absolute Gasteiger partial charge is 0.439 e. The third-order valence-electron chi connectivity index (χ3n) is 5.33. The van der Waals surface area contributed by atoms with Crippen molar-refractivity contribution in [1.29, 1.82) is 5.26 Å². The van der Waals surface area contributed by atoms with E-state index in [4.69, 9.17) is 14.9 Å². The second-order valence-electron chi connectivity index (χ2n) is 7.18. The van der Waals surface area contributed by atoms with Gasteiger partial charge < -0.3 is 14.9 Å². The van der Waals surface area contributed by atoms with Crippen LogP contribution in [0, 0.1) is 11.3 Å². The number of ether oxygens (including phenoxy) is 1. The fourth-order valence-electron chi connectivity index (χ4n) is 3.87. The molecule has 0 spiro atoms. The molecule has 4 aromatic rings. The Morgan fingerprint density at radius 3 is 2.61 bits per heavy atom. The Morgan fingerprint density at radius 1 is 1.10 bits per heavy atom. The number of pyridine rings is 1. The van der Waals surface area contributed by atoms with Gasteiger partial charge in [-0.15, -0.1) is 9.24 Å². The van der Waals surface area contributed by atoms with Crippen molar-refractivity contribution in [2.45, 2.75) is 5.92 Å². The minimum absolute atomic E-state index is 0.0163. The van der Waals surface area contributed by atoms with E-state index < -0.39 is 11.5 Å². The lowest BCUT2D eigenvalue weighted by Gasteiger charge is -2.26. The summed E-state index contributed by atoms with van der Waals surface area (Å²) < 4.78 is 11.3. The molecule has 6 nitrogen and oxygen atoms in total. The lowest BCUT2D eigenvalue weighted by molar-refractivity contribution is 0.388. The second kappa shape index (κ2) is 7.39. The van der Waals surface area contributed by atoms with Crippen LogP contribution in [0.4, 0.5) is 0 Å². The summed E-state index contributed by atoms with van der Waals surface area (Å²) in [7, 11) is 2.60. The monoisotopic (exact) mass is 425 g/mol. The number of hydrogen-bond donors (Lipinski definition) is 1. The van der Waals surface area contributed by atoms with E-state index in [1.54, 1.807) is 18.5 Å². The normalized spacial score (nSPS) is 15.3. The van der Waals surface area contributed by atoms with Gasteiger partial charge >= 0.3 is 5.63 Å². The van der Waals surface area contributed by atoms with Crippen molar-refractivity contribution < 1.29 is 9.15 Å². The molecule has 0 aliphatic carbocycles. The SMILES string of the molecule is N#CC1=C(N)Oc2c(c(=O)oc3ccc(P)cc23)C1c1ccc(-c2cccnc2)cc1. The van der Waals surface area contributed by atoms with Crippen LogP contribution in [0.2, 0.25) is 0 Å². The van der Waals surface area contributed by atoms with E-state index in [1.807, 2.05) is 48.5 Å². The van der Waals surface area contributed by atoms with Crippen LogP contribution in [0.25, 0.3) is 22.1 Å². The third-order valence-corrected chi connectivity index (χ3v) is 5.69. The summed E-state index contributed by atoms with van der Waals surface area (Å²) in [6.45, 7) is 0. The second-order valence-corrected chi connectivity index (χ2v) is 7.84. The van der Waals surface area contributed by atoms with Gasteiger partial charge in [-0.3, -0.25) is 4.98 Å². The summed E-state index contributed by atoms with van der Waals surface area (Å²) in [5.41, 5.74) is 9.09. The quantitative estimate of drug-likeness (QED) is 0.389. The van der Waals surface area contributed by atoms with Crippen LogP contribution in [0.1, 0.15) is 17.0 Å². The van der Waals surface area contributed by atoms with Gasteiger partial charge in [0, 0.05) is 12.4 Å². The number of benzene rings is 2. The van der Waals surface area contributed by atoms with Gasteiger partial charge in [0.25, 0.3) is 0 Å². The standard InChI is InChI=1S/C24H16N3O3P/c25-11-18-20(14-5-3-13(4-6-14)15-2-1-9-27-12-15)21-22(30-23(18)26)17-10-16(31)7-8-19(17)29-24(21)28/h1-10,12,20H,26,31H2. The van der Waals surface area contributed by atoms with Crippen molar-refractivity contribution in [3.05, 3.63) is 100.0 Å². The van der Waals surface area contributed by atoms with Crippen molar-refractivity contribution >= 4 is 25.5 Å². The van der Waals surface area contributed by atoms with Crippen LogP contribution >= 0.6 is 9.24 Å². The molecule has 31 heavy (non-hydrogen) atoms. The van der Waals surface area contributed by atoms with Gasteiger partial charge in [0.15, 0.2) is 5.75 Å². The molecular formula is C24H16N3O3P. The van der Waals surface area contributed by atoms with Crippen molar-refractivity contribution in [2.24, 2.45) is 5.73 Å². The Kier molecular flexibility index (Phi) is 4.54. The maximum atomic E-state index is 13.0. The first-order chi connectivity index (χ1) is 15.1. The van der Waals surface area contributed by atoms with E-state index >= 15 is 0 Å². The minimum Gasteiger partial charge on any atom is -0.439 e. The van der Waals surface area contributed by atoms with Gasteiger partial charge in [0.2, 0.25) is 5.88 Å². The topological polar surface area (TPSA) is 102 Å². The molecule has 5 rings (SSSR count). The summed E-state index contributed by atoms with van der Waals surface area (Å²) in [6, 6.07) is 18.9. The Hall–Kier alpha value is -3.94. The minimum atomic E-state index is -0.689. The number of hydrogen-bond acceptors (Lipinski definition) is 6. The molecule has 150 valence electrons. The van der Waals surface area contributed by atoms with Gasteiger partial charge in [-0.2, -0.15) is 5.26 Å². The molecule has 0 bridgehead atoms. The van der Waals surface area contributed by atoms with E-state index in [2.05, 4.69) is 20.3 Å². The van der Waals surface area contributed by atoms with Crippen molar-refractivity contribution in [1.82, 2.24) is 4.98 Å². The van der Waals surface area contributed by atoms with Crippen LogP contribution in [-0.4, -0.2) is 4.98 Å². The smallest absolute Gasteiger partial charge is 0.344 e. The Balaban J connectivity index is 1.72. The zero-order chi connectivity index (χ0) is 21.5. The van der Waals surface area contributed by atoms with Crippen LogP contribution in [0.5, 0.6) is 5.75 Å². The Labute approximate surface area is 179 Å². The highest BCUT2D eigenvalue weighted by molar-refractivity contribution is 7.27. The Bertz CT molecular complexity index is 1450. The molecule has 0 saturated carbocycles. The number of nitrogens with zero attached hydrogens (tertiary/aromatic N) is 2. The number of aromatic nitrogens is 1. The lowest BCUT2D eigenvalue weighted by Crippen LogP contribution is -2.26. The summed E-state index contributed by atoms with van der Waals surface area (Å²) >= 11 is 0. The molecule has 2 unspecified atom stereocenters.